The summed E-state index contributed by atoms with van der Waals surface area (Å²) in [6.07, 6.45) is -4.76. The summed E-state index contributed by atoms with van der Waals surface area (Å²) in [5.41, 5.74) is 1.36. The van der Waals surface area contributed by atoms with Crippen LogP contribution in [0, 0.1) is 5.82 Å². The number of fused-ring (bicyclic) bond motifs is 1. The third kappa shape index (κ3) is 3.46. The van der Waals surface area contributed by atoms with Crippen molar-refractivity contribution in [1.82, 2.24) is 4.90 Å². The zero-order valence-electron chi connectivity index (χ0n) is 12.0. The summed E-state index contributed by atoms with van der Waals surface area (Å²) in [6.45, 7) is 0.351. The molecule has 0 saturated carbocycles. The molecule has 1 aliphatic rings. The Labute approximate surface area is 139 Å². The van der Waals surface area contributed by atoms with E-state index in [1.54, 1.807) is 0 Å². The predicted octanol–water partition coefficient (Wildman–Crippen LogP) is 4.53. The lowest BCUT2D eigenvalue weighted by molar-refractivity contribution is -0.274. The Bertz CT molecular complexity index is 790. The minimum absolute atomic E-state index is 0.0476. The van der Waals surface area contributed by atoms with Crippen LogP contribution in [-0.2, 0) is 13.1 Å². The molecule has 0 atom stereocenters. The zero-order valence-corrected chi connectivity index (χ0v) is 12.8. The molecule has 0 aliphatic carbocycles. The monoisotopic (exact) mass is 359 g/mol. The molecule has 0 unspecified atom stereocenters. The van der Waals surface area contributed by atoms with E-state index in [-0.39, 0.29) is 35.3 Å². The number of benzene rings is 2. The van der Waals surface area contributed by atoms with Crippen LogP contribution in [-0.4, -0.2) is 17.2 Å². The van der Waals surface area contributed by atoms with Gasteiger partial charge >= 0.3 is 6.36 Å². The van der Waals surface area contributed by atoms with Gasteiger partial charge in [-0.3, -0.25) is 4.79 Å². The first kappa shape index (κ1) is 16.6. The summed E-state index contributed by atoms with van der Waals surface area (Å²) in [4.78, 5) is 13.8. The second-order valence-corrected chi connectivity index (χ2v) is 5.68. The highest BCUT2D eigenvalue weighted by Crippen LogP contribution is 2.31. The fourth-order valence-corrected chi connectivity index (χ4v) is 2.88. The molecular weight excluding hydrogens is 350 g/mol. The summed E-state index contributed by atoms with van der Waals surface area (Å²) < 4.78 is 53.5. The number of nitrogens with zero attached hydrogens (tertiary/aromatic N) is 1. The number of rotatable bonds is 3. The average molecular weight is 360 g/mol. The Morgan fingerprint density at radius 2 is 1.83 bits per heavy atom. The number of carbonyl (C=O) groups is 1. The van der Waals surface area contributed by atoms with Crippen LogP contribution in [0.25, 0.3) is 0 Å². The molecule has 0 radical (unpaired) electrons. The number of amides is 1. The SMILES string of the molecule is O=C1c2c(Cl)cc(F)cc2CN1Cc1ccc(OC(F)(F)F)cc1. The van der Waals surface area contributed by atoms with Gasteiger partial charge in [0.2, 0.25) is 0 Å². The zero-order chi connectivity index (χ0) is 17.5. The minimum Gasteiger partial charge on any atom is -0.406 e. The van der Waals surface area contributed by atoms with E-state index < -0.39 is 12.2 Å². The molecule has 0 spiro atoms. The van der Waals surface area contributed by atoms with Crippen LogP contribution in [0.1, 0.15) is 21.5 Å². The van der Waals surface area contributed by atoms with Crippen molar-refractivity contribution < 1.29 is 27.1 Å². The van der Waals surface area contributed by atoms with Crippen molar-refractivity contribution >= 4 is 17.5 Å². The molecule has 2 aromatic carbocycles. The normalized spacial score (nSPS) is 14.0. The maximum Gasteiger partial charge on any atom is 0.573 e. The van der Waals surface area contributed by atoms with Gasteiger partial charge in [0.25, 0.3) is 5.91 Å². The van der Waals surface area contributed by atoms with Gasteiger partial charge in [0.15, 0.2) is 0 Å². The first-order valence-electron chi connectivity index (χ1n) is 6.85. The highest BCUT2D eigenvalue weighted by Gasteiger charge is 2.32. The maximum atomic E-state index is 13.4. The summed E-state index contributed by atoms with van der Waals surface area (Å²) in [5, 5.41) is 0.0476. The molecule has 0 bridgehead atoms. The molecule has 0 aromatic heterocycles. The van der Waals surface area contributed by atoms with Crippen molar-refractivity contribution in [2.75, 3.05) is 0 Å². The predicted molar refractivity (Wildman–Crippen MR) is 78.1 cm³/mol. The lowest BCUT2D eigenvalue weighted by atomic mass is 10.1. The molecular formula is C16H10ClF4NO2. The molecule has 2 aromatic rings. The van der Waals surface area contributed by atoms with Gasteiger partial charge in [-0.05, 0) is 35.4 Å². The first-order chi connectivity index (χ1) is 11.2. The molecule has 0 N–H and O–H groups in total. The lowest BCUT2D eigenvalue weighted by Crippen LogP contribution is -2.23. The van der Waals surface area contributed by atoms with Crippen molar-refractivity contribution in [2.24, 2.45) is 0 Å². The lowest BCUT2D eigenvalue weighted by Gasteiger charge is -2.16. The second kappa shape index (κ2) is 5.98. The van der Waals surface area contributed by atoms with Crippen LogP contribution in [0.3, 0.4) is 0 Å². The molecule has 0 saturated heterocycles. The van der Waals surface area contributed by atoms with E-state index in [4.69, 9.17) is 11.6 Å². The number of carbonyl (C=O) groups excluding carboxylic acids is 1. The minimum atomic E-state index is -4.76. The number of halogens is 5. The van der Waals surface area contributed by atoms with Gasteiger partial charge in [-0.25, -0.2) is 4.39 Å². The third-order valence-electron chi connectivity index (χ3n) is 3.53. The Kier molecular flexibility index (Phi) is 4.13. The highest BCUT2D eigenvalue weighted by atomic mass is 35.5. The van der Waals surface area contributed by atoms with E-state index in [0.29, 0.717) is 11.1 Å². The number of ether oxygens (including phenoxy) is 1. The summed E-state index contributed by atoms with van der Waals surface area (Å²) in [5.74, 6) is -1.21. The Balaban J connectivity index is 1.74. The van der Waals surface area contributed by atoms with Gasteiger partial charge in [-0.15, -0.1) is 13.2 Å². The van der Waals surface area contributed by atoms with Crippen LogP contribution in [0.15, 0.2) is 36.4 Å². The van der Waals surface area contributed by atoms with Crippen molar-refractivity contribution in [3.63, 3.8) is 0 Å². The molecule has 1 aliphatic heterocycles. The van der Waals surface area contributed by atoms with Crippen LogP contribution in [0.4, 0.5) is 17.6 Å². The molecule has 1 amide bonds. The molecule has 3 nitrogen and oxygen atoms in total. The van der Waals surface area contributed by atoms with Crippen molar-refractivity contribution in [3.05, 3.63) is 63.9 Å². The van der Waals surface area contributed by atoms with E-state index in [1.807, 2.05) is 0 Å². The van der Waals surface area contributed by atoms with E-state index in [0.717, 1.165) is 6.07 Å². The third-order valence-corrected chi connectivity index (χ3v) is 3.83. The summed E-state index contributed by atoms with van der Waals surface area (Å²) in [6, 6.07) is 7.52. The van der Waals surface area contributed by atoms with Crippen LogP contribution < -0.4 is 4.74 Å². The molecule has 8 heteroatoms. The highest BCUT2D eigenvalue weighted by molar-refractivity contribution is 6.34. The summed E-state index contributed by atoms with van der Waals surface area (Å²) >= 11 is 5.91. The summed E-state index contributed by atoms with van der Waals surface area (Å²) in [7, 11) is 0. The quantitative estimate of drug-likeness (QED) is 0.753. The second-order valence-electron chi connectivity index (χ2n) is 5.27. The topological polar surface area (TPSA) is 29.5 Å². The van der Waals surface area contributed by atoms with Gasteiger partial charge in [-0.1, -0.05) is 23.7 Å². The van der Waals surface area contributed by atoms with E-state index in [9.17, 15) is 22.4 Å². The fraction of sp³-hybridized carbons (Fsp3) is 0.188. The molecule has 1 heterocycles. The van der Waals surface area contributed by atoms with Crippen molar-refractivity contribution in [2.45, 2.75) is 19.5 Å². The van der Waals surface area contributed by atoms with Gasteiger partial charge in [0.05, 0.1) is 10.6 Å². The molecule has 0 fully saturated rings. The van der Waals surface area contributed by atoms with Crippen LogP contribution >= 0.6 is 11.6 Å². The van der Waals surface area contributed by atoms with E-state index in [2.05, 4.69) is 4.74 Å². The molecule has 3 rings (SSSR count). The number of hydrogen-bond donors (Lipinski definition) is 0. The van der Waals surface area contributed by atoms with E-state index >= 15 is 0 Å². The van der Waals surface area contributed by atoms with Crippen LogP contribution in [0.2, 0.25) is 5.02 Å². The Hall–Kier alpha value is -2.28. The fourth-order valence-electron chi connectivity index (χ4n) is 2.57. The molecule has 24 heavy (non-hydrogen) atoms. The molecule has 126 valence electrons. The van der Waals surface area contributed by atoms with E-state index in [1.165, 1.54) is 35.2 Å². The Morgan fingerprint density at radius 1 is 1.17 bits per heavy atom. The first-order valence-corrected chi connectivity index (χ1v) is 7.22. The Morgan fingerprint density at radius 3 is 2.46 bits per heavy atom. The standard InChI is InChI=1S/C16H10ClF4NO2/c17-13-6-11(18)5-10-8-22(15(23)14(10)13)7-9-1-3-12(4-2-9)24-16(19,20)21/h1-6H,7-8H2. The van der Waals surface area contributed by atoms with Crippen LogP contribution in [0.5, 0.6) is 5.75 Å². The van der Waals surface area contributed by atoms with Crippen molar-refractivity contribution in [3.8, 4) is 5.75 Å². The van der Waals surface area contributed by atoms with Gasteiger partial charge in [0, 0.05) is 13.1 Å². The average Bonchev–Trinajstić information content (AvgIpc) is 2.76. The maximum absolute atomic E-state index is 13.4. The van der Waals surface area contributed by atoms with Gasteiger partial charge in [-0.2, -0.15) is 0 Å². The van der Waals surface area contributed by atoms with Crippen molar-refractivity contribution in [1.29, 1.82) is 0 Å². The number of alkyl halides is 3. The van der Waals surface area contributed by atoms with Gasteiger partial charge in [0.1, 0.15) is 11.6 Å². The van der Waals surface area contributed by atoms with Gasteiger partial charge < -0.3 is 9.64 Å². The smallest absolute Gasteiger partial charge is 0.406 e. The number of hydrogen-bond acceptors (Lipinski definition) is 2. The largest absolute Gasteiger partial charge is 0.573 e.